The molecule has 144 valence electrons. The second-order valence-corrected chi connectivity index (χ2v) is 8.57. The van der Waals surface area contributed by atoms with Gasteiger partial charge >= 0.3 is 5.97 Å². The molecule has 0 bridgehead atoms. The molecule has 1 aromatic rings. The summed E-state index contributed by atoms with van der Waals surface area (Å²) in [7, 11) is 0. The second-order valence-electron chi connectivity index (χ2n) is 8.57. The number of phenols is 2. The molecule has 1 aliphatic heterocycles. The standard InChI is InChI=1S/C21H31NO4/c1-12(2)15-6-5-13(3)9-19(15)26-20(25)21(4)16-11-18(24)17(23)10-14(16)7-8-22-21/h10-13,15,19,22-24H,5-9H2,1-4H3/t13-,15+,19-,21+/m0/s1. The van der Waals surface area contributed by atoms with Gasteiger partial charge in [0.1, 0.15) is 11.6 Å². The molecule has 1 aromatic carbocycles. The van der Waals surface area contributed by atoms with Crippen LogP contribution in [0.3, 0.4) is 0 Å². The fourth-order valence-electron chi connectivity index (χ4n) is 4.52. The Hall–Kier alpha value is -1.75. The van der Waals surface area contributed by atoms with Crippen LogP contribution in [0.25, 0.3) is 0 Å². The molecular weight excluding hydrogens is 330 g/mol. The fourth-order valence-corrected chi connectivity index (χ4v) is 4.52. The van der Waals surface area contributed by atoms with Gasteiger partial charge in [0.05, 0.1) is 0 Å². The lowest BCUT2D eigenvalue weighted by Crippen LogP contribution is -2.53. The lowest BCUT2D eigenvalue weighted by atomic mass is 9.75. The van der Waals surface area contributed by atoms with Gasteiger partial charge in [-0.2, -0.15) is 0 Å². The van der Waals surface area contributed by atoms with Crippen molar-refractivity contribution in [1.82, 2.24) is 5.32 Å². The number of rotatable bonds is 3. The highest BCUT2D eigenvalue weighted by molar-refractivity contribution is 5.83. The summed E-state index contributed by atoms with van der Waals surface area (Å²) >= 11 is 0. The fraction of sp³-hybridized carbons (Fsp3) is 0.667. The van der Waals surface area contributed by atoms with Crippen LogP contribution in [0.1, 0.15) is 58.1 Å². The third kappa shape index (κ3) is 3.41. The summed E-state index contributed by atoms with van der Waals surface area (Å²) < 4.78 is 6.06. The molecule has 0 aromatic heterocycles. The highest BCUT2D eigenvalue weighted by Crippen LogP contribution is 2.40. The van der Waals surface area contributed by atoms with Gasteiger partial charge in [-0.05, 0) is 67.2 Å². The van der Waals surface area contributed by atoms with Crippen LogP contribution in [0.2, 0.25) is 0 Å². The number of esters is 1. The highest BCUT2D eigenvalue weighted by atomic mass is 16.5. The molecule has 26 heavy (non-hydrogen) atoms. The Labute approximate surface area is 155 Å². The Bertz CT molecular complexity index is 687. The number of fused-ring (bicyclic) bond motifs is 1. The molecule has 0 unspecified atom stereocenters. The van der Waals surface area contributed by atoms with Crippen LogP contribution in [-0.4, -0.2) is 28.8 Å². The molecule has 3 rings (SSSR count). The van der Waals surface area contributed by atoms with Gasteiger partial charge in [0.25, 0.3) is 0 Å². The van der Waals surface area contributed by atoms with Gasteiger partial charge in [-0.3, -0.25) is 5.32 Å². The largest absolute Gasteiger partial charge is 0.504 e. The first-order chi connectivity index (χ1) is 12.2. The van der Waals surface area contributed by atoms with Gasteiger partial charge in [-0.25, -0.2) is 4.79 Å². The molecule has 0 radical (unpaired) electrons. The van der Waals surface area contributed by atoms with Crippen LogP contribution >= 0.6 is 0 Å². The topological polar surface area (TPSA) is 78.8 Å². The van der Waals surface area contributed by atoms with Crippen molar-refractivity contribution in [3.05, 3.63) is 23.3 Å². The molecule has 0 spiro atoms. The predicted octanol–water partition coefficient (Wildman–Crippen LogP) is 3.46. The lowest BCUT2D eigenvalue weighted by molar-refractivity contribution is -0.164. The maximum Gasteiger partial charge on any atom is 0.331 e. The molecule has 4 atom stereocenters. The van der Waals surface area contributed by atoms with Gasteiger partial charge < -0.3 is 14.9 Å². The number of carbonyl (C=O) groups is 1. The number of aromatic hydroxyl groups is 2. The molecule has 0 amide bonds. The van der Waals surface area contributed by atoms with E-state index in [0.29, 0.717) is 36.3 Å². The van der Waals surface area contributed by atoms with Crippen molar-refractivity contribution >= 4 is 5.97 Å². The van der Waals surface area contributed by atoms with E-state index in [1.165, 1.54) is 12.5 Å². The number of hydrogen-bond donors (Lipinski definition) is 3. The maximum absolute atomic E-state index is 13.2. The number of phenolic OH excluding ortho intramolecular Hbond substituents is 2. The van der Waals surface area contributed by atoms with Crippen molar-refractivity contribution in [1.29, 1.82) is 0 Å². The van der Waals surface area contributed by atoms with Gasteiger partial charge in [-0.1, -0.05) is 27.2 Å². The zero-order valence-corrected chi connectivity index (χ0v) is 16.2. The molecule has 1 heterocycles. The van der Waals surface area contributed by atoms with Crippen LogP contribution in [0.4, 0.5) is 0 Å². The van der Waals surface area contributed by atoms with Crippen molar-refractivity contribution in [3.8, 4) is 11.5 Å². The molecule has 3 N–H and O–H groups in total. The van der Waals surface area contributed by atoms with E-state index >= 15 is 0 Å². The van der Waals surface area contributed by atoms with Crippen LogP contribution in [0, 0.1) is 17.8 Å². The Balaban J connectivity index is 1.87. The van der Waals surface area contributed by atoms with Crippen molar-refractivity contribution in [2.45, 2.75) is 65.0 Å². The zero-order chi connectivity index (χ0) is 19.1. The molecule has 5 nitrogen and oxygen atoms in total. The number of hydrogen-bond acceptors (Lipinski definition) is 5. The van der Waals surface area contributed by atoms with Crippen LogP contribution in [-0.2, 0) is 21.5 Å². The first kappa shape index (κ1) is 19.0. The number of nitrogens with one attached hydrogen (secondary N) is 1. The van der Waals surface area contributed by atoms with Crippen molar-refractivity contribution in [2.75, 3.05) is 6.54 Å². The summed E-state index contributed by atoms with van der Waals surface area (Å²) in [6.07, 6.45) is 3.80. The third-order valence-electron chi connectivity index (χ3n) is 6.24. The minimum absolute atomic E-state index is 0.0686. The van der Waals surface area contributed by atoms with Gasteiger partial charge in [-0.15, -0.1) is 0 Å². The third-order valence-corrected chi connectivity index (χ3v) is 6.24. The van der Waals surface area contributed by atoms with E-state index in [1.54, 1.807) is 13.0 Å². The van der Waals surface area contributed by atoms with Gasteiger partial charge in [0.15, 0.2) is 11.5 Å². The lowest BCUT2D eigenvalue weighted by Gasteiger charge is -2.40. The van der Waals surface area contributed by atoms with Gasteiger partial charge in [0, 0.05) is 6.54 Å². The van der Waals surface area contributed by atoms with E-state index in [-0.39, 0.29) is 23.6 Å². The quantitative estimate of drug-likeness (QED) is 0.568. The average molecular weight is 361 g/mol. The summed E-state index contributed by atoms with van der Waals surface area (Å²) in [6.45, 7) is 9.03. The van der Waals surface area contributed by atoms with E-state index in [0.717, 1.165) is 18.4 Å². The average Bonchev–Trinajstić information content (AvgIpc) is 2.56. The monoisotopic (exact) mass is 361 g/mol. The molecule has 5 heteroatoms. The molecule has 1 fully saturated rings. The van der Waals surface area contributed by atoms with E-state index in [1.807, 2.05) is 0 Å². The van der Waals surface area contributed by atoms with Crippen LogP contribution in [0.5, 0.6) is 11.5 Å². The minimum atomic E-state index is -1.01. The summed E-state index contributed by atoms with van der Waals surface area (Å²) in [6, 6.07) is 3.04. The van der Waals surface area contributed by atoms with Crippen molar-refractivity contribution in [2.24, 2.45) is 17.8 Å². The van der Waals surface area contributed by atoms with Gasteiger partial charge in [0.2, 0.25) is 0 Å². The molecule has 0 saturated heterocycles. The zero-order valence-electron chi connectivity index (χ0n) is 16.2. The van der Waals surface area contributed by atoms with E-state index in [4.69, 9.17) is 4.74 Å². The van der Waals surface area contributed by atoms with Crippen molar-refractivity contribution in [3.63, 3.8) is 0 Å². The Kier molecular flexibility index (Phi) is 5.20. The number of benzene rings is 1. The normalized spacial score (nSPS) is 31.5. The number of ether oxygens (including phenoxy) is 1. The molecule has 1 aliphatic carbocycles. The Morgan fingerprint density at radius 1 is 1.27 bits per heavy atom. The first-order valence-corrected chi connectivity index (χ1v) is 9.73. The Morgan fingerprint density at radius 2 is 1.96 bits per heavy atom. The summed E-state index contributed by atoms with van der Waals surface area (Å²) in [5.74, 6) is 0.757. The van der Waals surface area contributed by atoms with Crippen LogP contribution in [0.15, 0.2) is 12.1 Å². The molecular formula is C21H31NO4. The molecule has 2 aliphatic rings. The van der Waals surface area contributed by atoms with E-state index in [2.05, 4.69) is 26.1 Å². The first-order valence-electron chi connectivity index (χ1n) is 9.73. The van der Waals surface area contributed by atoms with E-state index in [9.17, 15) is 15.0 Å². The smallest absolute Gasteiger partial charge is 0.331 e. The second kappa shape index (κ2) is 7.10. The number of carbonyl (C=O) groups excluding carboxylic acids is 1. The summed E-state index contributed by atoms with van der Waals surface area (Å²) in [5, 5.41) is 23.0. The minimum Gasteiger partial charge on any atom is -0.504 e. The maximum atomic E-state index is 13.2. The predicted molar refractivity (Wildman–Crippen MR) is 100 cm³/mol. The van der Waals surface area contributed by atoms with Crippen molar-refractivity contribution < 1.29 is 19.7 Å². The summed E-state index contributed by atoms with van der Waals surface area (Å²) in [5.41, 5.74) is 0.547. The van der Waals surface area contributed by atoms with E-state index < -0.39 is 5.54 Å². The highest BCUT2D eigenvalue weighted by Gasteiger charge is 2.44. The van der Waals surface area contributed by atoms with Crippen LogP contribution < -0.4 is 5.32 Å². The summed E-state index contributed by atoms with van der Waals surface area (Å²) in [4.78, 5) is 13.2. The molecule has 1 saturated carbocycles. The SMILES string of the molecule is CC(C)[C@H]1CC[C@H](C)C[C@@H]1OC(=O)[C@]1(C)NCCc2cc(O)c(O)cc21. The Morgan fingerprint density at radius 3 is 2.65 bits per heavy atom.